The predicted octanol–water partition coefficient (Wildman–Crippen LogP) is 1.99. The molecule has 0 unspecified atom stereocenters. The minimum Gasteiger partial charge on any atom is -0.462 e. The number of ether oxygens (including phenoxy) is 1. The van der Waals surface area contributed by atoms with Crippen LogP contribution in [0.25, 0.3) is 0 Å². The first-order valence-corrected chi connectivity index (χ1v) is 6.05. The largest absolute Gasteiger partial charge is 0.462 e. The number of aryl methyl sites for hydroxylation is 2. The van der Waals surface area contributed by atoms with Gasteiger partial charge in [-0.15, -0.1) is 0 Å². The number of hydrogen-bond donors (Lipinski definition) is 1. The lowest BCUT2D eigenvalue weighted by Gasteiger charge is -2.09. The lowest BCUT2D eigenvalue weighted by atomic mass is 10.1. The summed E-state index contributed by atoms with van der Waals surface area (Å²) in [4.78, 5) is 17.0. The lowest BCUT2D eigenvalue weighted by Crippen LogP contribution is -2.14. The van der Waals surface area contributed by atoms with Crippen LogP contribution in [0.15, 0.2) is 6.20 Å². The summed E-state index contributed by atoms with van der Waals surface area (Å²) in [6, 6.07) is 0. The highest BCUT2D eigenvalue weighted by Gasteiger charge is 2.16. The number of aromatic amines is 1. The summed E-state index contributed by atoms with van der Waals surface area (Å²) in [5.41, 5.74) is 2.66. The fourth-order valence-corrected chi connectivity index (χ4v) is 1.85. The highest BCUT2D eigenvalue weighted by molar-refractivity contribution is 5.92. The molecule has 1 aromatic heterocycles. The van der Waals surface area contributed by atoms with E-state index in [0.717, 1.165) is 30.6 Å². The SMILES string of the molecule is CCOC(=O)c1c(CCCN(C)C)c[nH]c1C. The Morgan fingerprint density at radius 1 is 1.47 bits per heavy atom. The molecule has 4 nitrogen and oxygen atoms in total. The van der Waals surface area contributed by atoms with Gasteiger partial charge < -0.3 is 14.6 Å². The molecule has 0 amide bonds. The van der Waals surface area contributed by atoms with Gasteiger partial charge in [0, 0.05) is 11.9 Å². The van der Waals surface area contributed by atoms with Crippen LogP contribution in [-0.2, 0) is 11.2 Å². The molecular weight excluding hydrogens is 216 g/mol. The Morgan fingerprint density at radius 3 is 2.76 bits per heavy atom. The zero-order valence-electron chi connectivity index (χ0n) is 11.2. The van der Waals surface area contributed by atoms with Crippen molar-refractivity contribution in [1.82, 2.24) is 9.88 Å². The summed E-state index contributed by atoms with van der Waals surface area (Å²) in [7, 11) is 4.10. The summed E-state index contributed by atoms with van der Waals surface area (Å²) in [6.07, 6.45) is 3.85. The van der Waals surface area contributed by atoms with E-state index in [1.54, 1.807) is 0 Å². The van der Waals surface area contributed by atoms with Crippen molar-refractivity contribution in [3.8, 4) is 0 Å². The molecule has 0 bridgehead atoms. The Balaban J connectivity index is 2.69. The van der Waals surface area contributed by atoms with E-state index in [-0.39, 0.29) is 5.97 Å². The number of nitrogens with zero attached hydrogens (tertiary/aromatic N) is 1. The molecule has 1 heterocycles. The zero-order chi connectivity index (χ0) is 12.8. The molecule has 0 spiro atoms. The molecule has 0 aliphatic rings. The van der Waals surface area contributed by atoms with Gasteiger partial charge in [-0.2, -0.15) is 0 Å². The second-order valence-electron chi connectivity index (χ2n) is 4.44. The number of carbonyl (C=O) groups excluding carboxylic acids is 1. The van der Waals surface area contributed by atoms with E-state index in [1.807, 2.05) is 20.0 Å². The minimum absolute atomic E-state index is 0.217. The third-order valence-corrected chi connectivity index (χ3v) is 2.69. The van der Waals surface area contributed by atoms with Gasteiger partial charge >= 0.3 is 5.97 Å². The number of hydrogen-bond acceptors (Lipinski definition) is 3. The van der Waals surface area contributed by atoms with Crippen LogP contribution in [0.4, 0.5) is 0 Å². The molecule has 96 valence electrons. The second kappa shape index (κ2) is 6.45. The predicted molar refractivity (Wildman–Crippen MR) is 68.4 cm³/mol. The zero-order valence-corrected chi connectivity index (χ0v) is 11.2. The van der Waals surface area contributed by atoms with Crippen molar-refractivity contribution in [2.75, 3.05) is 27.2 Å². The first-order chi connectivity index (χ1) is 8.06. The molecule has 4 heteroatoms. The average Bonchev–Trinajstić information content (AvgIpc) is 2.60. The molecule has 0 radical (unpaired) electrons. The number of esters is 1. The van der Waals surface area contributed by atoms with Crippen molar-refractivity contribution in [3.05, 3.63) is 23.0 Å². The summed E-state index contributed by atoms with van der Waals surface area (Å²) >= 11 is 0. The number of rotatable bonds is 6. The van der Waals surface area contributed by atoms with E-state index in [0.29, 0.717) is 12.2 Å². The smallest absolute Gasteiger partial charge is 0.340 e. The topological polar surface area (TPSA) is 45.3 Å². The highest BCUT2D eigenvalue weighted by atomic mass is 16.5. The van der Waals surface area contributed by atoms with Crippen molar-refractivity contribution in [1.29, 1.82) is 0 Å². The lowest BCUT2D eigenvalue weighted by molar-refractivity contribution is 0.0524. The van der Waals surface area contributed by atoms with Gasteiger partial charge in [0.15, 0.2) is 0 Å². The van der Waals surface area contributed by atoms with Crippen LogP contribution in [0.2, 0.25) is 0 Å². The van der Waals surface area contributed by atoms with E-state index in [1.165, 1.54) is 0 Å². The van der Waals surface area contributed by atoms with Gasteiger partial charge in [-0.3, -0.25) is 0 Å². The first kappa shape index (κ1) is 13.8. The van der Waals surface area contributed by atoms with Crippen LogP contribution in [0.1, 0.15) is 35.0 Å². The van der Waals surface area contributed by atoms with E-state index in [4.69, 9.17) is 4.74 Å². The van der Waals surface area contributed by atoms with Crippen molar-refractivity contribution in [2.45, 2.75) is 26.7 Å². The normalized spacial score (nSPS) is 10.9. The van der Waals surface area contributed by atoms with Crippen LogP contribution in [0.5, 0.6) is 0 Å². The quantitative estimate of drug-likeness (QED) is 0.771. The van der Waals surface area contributed by atoms with Crippen LogP contribution in [-0.4, -0.2) is 43.1 Å². The van der Waals surface area contributed by atoms with Crippen LogP contribution < -0.4 is 0 Å². The van der Waals surface area contributed by atoms with Gasteiger partial charge in [0.2, 0.25) is 0 Å². The van der Waals surface area contributed by atoms with Crippen molar-refractivity contribution >= 4 is 5.97 Å². The molecule has 1 rings (SSSR count). The molecule has 1 aromatic rings. The van der Waals surface area contributed by atoms with Crippen LogP contribution in [0, 0.1) is 6.92 Å². The molecule has 0 saturated carbocycles. The molecular formula is C13H22N2O2. The maximum absolute atomic E-state index is 11.8. The van der Waals surface area contributed by atoms with Gasteiger partial charge in [0.05, 0.1) is 12.2 Å². The summed E-state index contributed by atoms with van der Waals surface area (Å²) < 4.78 is 5.07. The molecule has 1 N–H and O–H groups in total. The Bertz CT molecular complexity index is 369. The fourth-order valence-electron chi connectivity index (χ4n) is 1.85. The maximum Gasteiger partial charge on any atom is 0.340 e. The molecule has 0 atom stereocenters. The number of carbonyl (C=O) groups is 1. The molecule has 0 saturated heterocycles. The highest BCUT2D eigenvalue weighted by Crippen LogP contribution is 2.16. The third kappa shape index (κ3) is 3.89. The van der Waals surface area contributed by atoms with Gasteiger partial charge in [0.25, 0.3) is 0 Å². The van der Waals surface area contributed by atoms with Crippen LogP contribution >= 0.6 is 0 Å². The number of aromatic nitrogens is 1. The Morgan fingerprint density at radius 2 is 2.18 bits per heavy atom. The molecule has 0 fully saturated rings. The fraction of sp³-hybridized carbons (Fsp3) is 0.615. The van der Waals surface area contributed by atoms with Crippen molar-refractivity contribution in [2.24, 2.45) is 0 Å². The minimum atomic E-state index is -0.217. The van der Waals surface area contributed by atoms with Crippen LogP contribution in [0.3, 0.4) is 0 Å². The summed E-state index contributed by atoms with van der Waals surface area (Å²) in [5.74, 6) is -0.217. The molecule has 17 heavy (non-hydrogen) atoms. The van der Waals surface area contributed by atoms with E-state index < -0.39 is 0 Å². The summed E-state index contributed by atoms with van der Waals surface area (Å²) in [5, 5.41) is 0. The van der Waals surface area contributed by atoms with Crippen molar-refractivity contribution in [3.63, 3.8) is 0 Å². The maximum atomic E-state index is 11.8. The van der Waals surface area contributed by atoms with E-state index in [9.17, 15) is 4.79 Å². The molecule has 0 aliphatic carbocycles. The molecule has 0 aliphatic heterocycles. The van der Waals surface area contributed by atoms with E-state index >= 15 is 0 Å². The Labute approximate surface area is 103 Å². The number of nitrogens with one attached hydrogen (secondary N) is 1. The first-order valence-electron chi connectivity index (χ1n) is 6.05. The summed E-state index contributed by atoms with van der Waals surface area (Å²) in [6.45, 7) is 5.17. The Kier molecular flexibility index (Phi) is 5.22. The monoisotopic (exact) mass is 238 g/mol. The van der Waals surface area contributed by atoms with Gasteiger partial charge in [0.1, 0.15) is 0 Å². The second-order valence-corrected chi connectivity index (χ2v) is 4.44. The average molecular weight is 238 g/mol. The van der Waals surface area contributed by atoms with Crippen molar-refractivity contribution < 1.29 is 9.53 Å². The number of H-pyrrole nitrogens is 1. The van der Waals surface area contributed by atoms with Gasteiger partial charge in [-0.25, -0.2) is 4.79 Å². The van der Waals surface area contributed by atoms with E-state index in [2.05, 4.69) is 24.0 Å². The third-order valence-electron chi connectivity index (χ3n) is 2.69. The van der Waals surface area contributed by atoms with Gasteiger partial charge in [-0.1, -0.05) is 0 Å². The Hall–Kier alpha value is -1.29. The standard InChI is InChI=1S/C13H22N2O2/c1-5-17-13(16)12-10(2)14-9-11(12)7-6-8-15(3)4/h9,14H,5-8H2,1-4H3. The molecule has 0 aromatic carbocycles. The van der Waals surface area contributed by atoms with Gasteiger partial charge in [-0.05, 0) is 52.9 Å².